The molecular weight excluding hydrogens is 216 g/mol. The van der Waals surface area contributed by atoms with Crippen LogP contribution in [0.3, 0.4) is 0 Å². The van der Waals surface area contributed by atoms with Crippen LogP contribution in [-0.4, -0.2) is 26.4 Å². The summed E-state index contributed by atoms with van der Waals surface area (Å²) >= 11 is 0. The largest absolute Gasteiger partial charge is 0.454 e. The van der Waals surface area contributed by atoms with Gasteiger partial charge in [0, 0.05) is 19.6 Å². The maximum atomic E-state index is 5.38. The van der Waals surface area contributed by atoms with Gasteiger partial charge in [0.2, 0.25) is 6.79 Å². The van der Waals surface area contributed by atoms with Crippen molar-refractivity contribution in [2.45, 2.75) is 20.4 Å². The zero-order valence-electron chi connectivity index (χ0n) is 10.5. The first-order valence-electron chi connectivity index (χ1n) is 6.12. The number of rotatable bonds is 6. The lowest BCUT2D eigenvalue weighted by molar-refractivity contribution is 0.174. The van der Waals surface area contributed by atoms with Crippen molar-refractivity contribution < 1.29 is 9.47 Å². The molecule has 0 amide bonds. The van der Waals surface area contributed by atoms with Crippen molar-refractivity contribution in [2.24, 2.45) is 0 Å². The van der Waals surface area contributed by atoms with Gasteiger partial charge in [0.25, 0.3) is 0 Å². The third-order valence-electron chi connectivity index (χ3n) is 2.88. The lowest BCUT2D eigenvalue weighted by Crippen LogP contribution is -2.26. The molecule has 94 valence electrons. The highest BCUT2D eigenvalue weighted by molar-refractivity contribution is 5.48. The Balaban J connectivity index is 1.88. The molecule has 0 aliphatic carbocycles. The standard InChI is InChI=1S/C13H20N2O2/c1-3-14-4-5-15-8-11-7-13-12(6-10(11)2)16-9-17-13/h6-7,14-15H,3-5,8-9H2,1-2H3. The molecule has 0 spiro atoms. The van der Waals surface area contributed by atoms with E-state index in [2.05, 4.69) is 30.5 Å². The van der Waals surface area contributed by atoms with Gasteiger partial charge < -0.3 is 20.1 Å². The van der Waals surface area contributed by atoms with Gasteiger partial charge in [-0.2, -0.15) is 0 Å². The van der Waals surface area contributed by atoms with Gasteiger partial charge in [-0.15, -0.1) is 0 Å². The first-order chi connectivity index (χ1) is 8.31. The van der Waals surface area contributed by atoms with Gasteiger partial charge in [0.1, 0.15) is 0 Å². The molecule has 0 saturated carbocycles. The molecule has 2 rings (SSSR count). The Morgan fingerprint density at radius 2 is 1.82 bits per heavy atom. The van der Waals surface area contributed by atoms with Crippen molar-refractivity contribution >= 4 is 0 Å². The molecule has 0 radical (unpaired) electrons. The van der Waals surface area contributed by atoms with E-state index in [9.17, 15) is 0 Å². The van der Waals surface area contributed by atoms with Crippen LogP contribution >= 0.6 is 0 Å². The maximum Gasteiger partial charge on any atom is 0.231 e. The molecule has 4 nitrogen and oxygen atoms in total. The van der Waals surface area contributed by atoms with Crippen molar-refractivity contribution in [3.63, 3.8) is 0 Å². The average molecular weight is 236 g/mol. The third-order valence-corrected chi connectivity index (χ3v) is 2.88. The van der Waals surface area contributed by atoms with Crippen LogP contribution in [0.5, 0.6) is 11.5 Å². The second-order valence-electron chi connectivity index (χ2n) is 4.16. The molecule has 0 atom stereocenters. The first-order valence-corrected chi connectivity index (χ1v) is 6.12. The van der Waals surface area contributed by atoms with Crippen molar-refractivity contribution in [1.82, 2.24) is 10.6 Å². The Bertz CT molecular complexity index is 380. The van der Waals surface area contributed by atoms with Crippen LogP contribution in [0.1, 0.15) is 18.1 Å². The van der Waals surface area contributed by atoms with Crippen molar-refractivity contribution in [1.29, 1.82) is 0 Å². The SMILES string of the molecule is CCNCCNCc1cc2c(cc1C)OCO2. The van der Waals surface area contributed by atoms with E-state index in [1.807, 2.05) is 6.07 Å². The Hall–Kier alpha value is -1.26. The van der Waals surface area contributed by atoms with Crippen LogP contribution in [0.15, 0.2) is 12.1 Å². The van der Waals surface area contributed by atoms with Crippen LogP contribution < -0.4 is 20.1 Å². The predicted molar refractivity (Wildman–Crippen MR) is 67.6 cm³/mol. The summed E-state index contributed by atoms with van der Waals surface area (Å²) in [5.41, 5.74) is 2.51. The van der Waals surface area contributed by atoms with E-state index in [-0.39, 0.29) is 0 Å². The number of ether oxygens (including phenoxy) is 2. The second kappa shape index (κ2) is 5.89. The lowest BCUT2D eigenvalue weighted by Gasteiger charge is -2.09. The maximum absolute atomic E-state index is 5.38. The van der Waals surface area contributed by atoms with E-state index in [0.29, 0.717) is 6.79 Å². The van der Waals surface area contributed by atoms with Crippen molar-refractivity contribution in [3.05, 3.63) is 23.3 Å². The number of fused-ring (bicyclic) bond motifs is 1. The third kappa shape index (κ3) is 3.11. The number of nitrogens with one attached hydrogen (secondary N) is 2. The van der Waals surface area contributed by atoms with Gasteiger partial charge in [0.05, 0.1) is 0 Å². The fourth-order valence-electron chi connectivity index (χ4n) is 1.85. The summed E-state index contributed by atoms with van der Waals surface area (Å²) in [6.07, 6.45) is 0. The Labute approximate surface area is 102 Å². The van der Waals surface area contributed by atoms with Crippen LogP contribution in [0.2, 0.25) is 0 Å². The summed E-state index contributed by atoms with van der Waals surface area (Å²) in [5, 5.41) is 6.69. The van der Waals surface area contributed by atoms with Crippen LogP contribution in [-0.2, 0) is 6.54 Å². The zero-order valence-corrected chi connectivity index (χ0v) is 10.5. The number of hydrogen-bond acceptors (Lipinski definition) is 4. The van der Waals surface area contributed by atoms with E-state index < -0.39 is 0 Å². The topological polar surface area (TPSA) is 42.5 Å². The minimum absolute atomic E-state index is 0.339. The molecule has 1 aromatic rings. The zero-order chi connectivity index (χ0) is 12.1. The molecule has 0 aromatic heterocycles. The molecule has 4 heteroatoms. The molecule has 0 bridgehead atoms. The van der Waals surface area contributed by atoms with Crippen LogP contribution in [0, 0.1) is 6.92 Å². The van der Waals surface area contributed by atoms with Gasteiger partial charge in [-0.25, -0.2) is 0 Å². The smallest absolute Gasteiger partial charge is 0.231 e. The summed E-state index contributed by atoms with van der Waals surface area (Å²) in [6, 6.07) is 4.11. The normalized spacial score (nSPS) is 13.1. The van der Waals surface area contributed by atoms with E-state index >= 15 is 0 Å². The monoisotopic (exact) mass is 236 g/mol. The minimum Gasteiger partial charge on any atom is -0.454 e. The number of aryl methyl sites for hydroxylation is 1. The van der Waals surface area contributed by atoms with E-state index in [4.69, 9.17) is 9.47 Å². The van der Waals surface area contributed by atoms with Gasteiger partial charge in [0.15, 0.2) is 11.5 Å². The molecular formula is C13H20N2O2. The summed E-state index contributed by atoms with van der Waals surface area (Å²) in [4.78, 5) is 0. The second-order valence-corrected chi connectivity index (χ2v) is 4.16. The summed E-state index contributed by atoms with van der Waals surface area (Å²) < 4.78 is 10.7. The highest BCUT2D eigenvalue weighted by Gasteiger charge is 2.15. The molecule has 0 unspecified atom stereocenters. The molecule has 1 aliphatic heterocycles. The molecule has 1 aliphatic rings. The average Bonchev–Trinajstić information content (AvgIpc) is 2.76. The fraction of sp³-hybridized carbons (Fsp3) is 0.538. The van der Waals surface area contributed by atoms with Crippen LogP contribution in [0.25, 0.3) is 0 Å². The molecule has 2 N–H and O–H groups in total. The summed E-state index contributed by atoms with van der Waals surface area (Å²) in [6.45, 7) is 8.41. The van der Waals surface area contributed by atoms with Crippen molar-refractivity contribution in [3.8, 4) is 11.5 Å². The summed E-state index contributed by atoms with van der Waals surface area (Å²) in [5.74, 6) is 1.72. The number of likely N-dealkylation sites (N-methyl/N-ethyl adjacent to an activating group) is 1. The van der Waals surface area contributed by atoms with Gasteiger partial charge in [-0.3, -0.25) is 0 Å². The van der Waals surface area contributed by atoms with Crippen molar-refractivity contribution in [2.75, 3.05) is 26.4 Å². The molecule has 0 saturated heterocycles. The highest BCUT2D eigenvalue weighted by atomic mass is 16.7. The Morgan fingerprint density at radius 3 is 2.59 bits per heavy atom. The summed E-state index contributed by atoms with van der Waals surface area (Å²) in [7, 11) is 0. The number of benzene rings is 1. The van der Waals surface area contributed by atoms with Gasteiger partial charge in [-0.1, -0.05) is 6.92 Å². The lowest BCUT2D eigenvalue weighted by atomic mass is 10.1. The fourth-order valence-corrected chi connectivity index (χ4v) is 1.85. The number of hydrogen-bond donors (Lipinski definition) is 2. The Kier molecular flexibility index (Phi) is 4.23. The molecule has 1 aromatic carbocycles. The first kappa shape index (κ1) is 12.2. The minimum atomic E-state index is 0.339. The predicted octanol–water partition coefficient (Wildman–Crippen LogP) is 1.42. The van der Waals surface area contributed by atoms with E-state index in [1.165, 1.54) is 11.1 Å². The highest BCUT2D eigenvalue weighted by Crippen LogP contribution is 2.34. The van der Waals surface area contributed by atoms with Crippen LogP contribution in [0.4, 0.5) is 0 Å². The molecule has 1 heterocycles. The van der Waals surface area contributed by atoms with Gasteiger partial charge in [-0.05, 0) is 36.7 Å². The quantitative estimate of drug-likeness (QED) is 0.733. The van der Waals surface area contributed by atoms with Gasteiger partial charge >= 0.3 is 0 Å². The molecule has 17 heavy (non-hydrogen) atoms. The van der Waals surface area contributed by atoms with E-state index in [1.54, 1.807) is 0 Å². The molecule has 0 fully saturated rings. The van der Waals surface area contributed by atoms with E-state index in [0.717, 1.165) is 37.7 Å². The Morgan fingerprint density at radius 1 is 1.12 bits per heavy atom.